The summed E-state index contributed by atoms with van der Waals surface area (Å²) in [6.45, 7) is 7.48. The third kappa shape index (κ3) is 6.08. The summed E-state index contributed by atoms with van der Waals surface area (Å²) in [5.41, 5.74) is 0. The lowest BCUT2D eigenvalue weighted by Crippen LogP contribution is -2.32. The van der Waals surface area contributed by atoms with Crippen LogP contribution < -0.4 is 0 Å². The molecule has 0 heterocycles. The van der Waals surface area contributed by atoms with Gasteiger partial charge in [-0.05, 0) is 13.1 Å². The van der Waals surface area contributed by atoms with E-state index in [0.29, 0.717) is 19.4 Å². The maximum absolute atomic E-state index is 11.6. The minimum Gasteiger partial charge on any atom is -0.345 e. The van der Waals surface area contributed by atoms with Crippen molar-refractivity contribution in [2.24, 2.45) is 0 Å². The Morgan fingerprint density at radius 3 is 2.33 bits per heavy atom. The Morgan fingerprint density at radius 2 is 1.87 bits per heavy atom. The molecular formula is C11H21N3O. The minimum absolute atomic E-state index is 0.122. The van der Waals surface area contributed by atoms with E-state index in [1.807, 2.05) is 6.07 Å². The second kappa shape index (κ2) is 8.25. The molecule has 0 aromatic heterocycles. The Kier molecular flexibility index (Phi) is 7.65. The molecule has 0 bridgehead atoms. The first-order valence-corrected chi connectivity index (χ1v) is 5.48. The van der Waals surface area contributed by atoms with Gasteiger partial charge in [-0.15, -0.1) is 0 Å². The first kappa shape index (κ1) is 13.9. The van der Waals surface area contributed by atoms with Crippen LogP contribution in [-0.4, -0.2) is 48.9 Å². The van der Waals surface area contributed by atoms with Gasteiger partial charge in [0.15, 0.2) is 0 Å². The van der Waals surface area contributed by atoms with Crippen molar-refractivity contribution in [2.45, 2.75) is 26.7 Å². The molecular weight excluding hydrogens is 190 g/mol. The van der Waals surface area contributed by atoms with E-state index in [1.54, 1.807) is 11.9 Å². The van der Waals surface area contributed by atoms with Gasteiger partial charge in [-0.1, -0.05) is 13.8 Å². The molecule has 0 fully saturated rings. The maximum Gasteiger partial charge on any atom is 0.223 e. The second-order valence-electron chi connectivity index (χ2n) is 3.50. The topological polar surface area (TPSA) is 47.3 Å². The summed E-state index contributed by atoms with van der Waals surface area (Å²) in [5, 5.41) is 8.39. The van der Waals surface area contributed by atoms with Gasteiger partial charge in [0.05, 0.1) is 12.5 Å². The van der Waals surface area contributed by atoms with Gasteiger partial charge in [-0.2, -0.15) is 5.26 Å². The number of amides is 1. The van der Waals surface area contributed by atoms with Crippen LogP contribution in [0, 0.1) is 11.3 Å². The van der Waals surface area contributed by atoms with Crippen LogP contribution >= 0.6 is 0 Å². The van der Waals surface area contributed by atoms with Crippen molar-refractivity contribution in [1.82, 2.24) is 9.80 Å². The molecule has 0 radical (unpaired) electrons. The highest BCUT2D eigenvalue weighted by atomic mass is 16.2. The van der Waals surface area contributed by atoms with E-state index in [9.17, 15) is 4.79 Å². The van der Waals surface area contributed by atoms with E-state index in [-0.39, 0.29) is 5.91 Å². The van der Waals surface area contributed by atoms with E-state index in [4.69, 9.17) is 5.26 Å². The average molecular weight is 211 g/mol. The van der Waals surface area contributed by atoms with Crippen LogP contribution in [0.4, 0.5) is 0 Å². The standard InChI is InChI=1S/C11H21N3O/c1-4-14(5-2)10-7-11(15)13(3)9-6-8-12/h4-7,9-10H2,1-3H3. The van der Waals surface area contributed by atoms with Gasteiger partial charge in [0.25, 0.3) is 0 Å². The smallest absolute Gasteiger partial charge is 0.223 e. The van der Waals surface area contributed by atoms with E-state index in [1.165, 1.54) is 0 Å². The van der Waals surface area contributed by atoms with Crippen LogP contribution in [-0.2, 0) is 4.79 Å². The van der Waals surface area contributed by atoms with Gasteiger partial charge in [0.1, 0.15) is 0 Å². The largest absolute Gasteiger partial charge is 0.345 e. The Morgan fingerprint density at radius 1 is 1.27 bits per heavy atom. The summed E-state index contributed by atoms with van der Waals surface area (Å²) < 4.78 is 0. The first-order chi connectivity index (χ1) is 7.15. The Hall–Kier alpha value is -1.08. The average Bonchev–Trinajstić information content (AvgIpc) is 2.26. The van der Waals surface area contributed by atoms with E-state index < -0.39 is 0 Å². The molecule has 0 aromatic carbocycles. The molecule has 4 heteroatoms. The van der Waals surface area contributed by atoms with Crippen molar-refractivity contribution in [3.05, 3.63) is 0 Å². The van der Waals surface area contributed by atoms with E-state index >= 15 is 0 Å². The van der Waals surface area contributed by atoms with Gasteiger partial charge >= 0.3 is 0 Å². The molecule has 0 unspecified atom stereocenters. The zero-order valence-electron chi connectivity index (χ0n) is 9.99. The van der Waals surface area contributed by atoms with Gasteiger partial charge < -0.3 is 9.80 Å². The number of nitriles is 1. The van der Waals surface area contributed by atoms with Crippen LogP contribution in [0.1, 0.15) is 26.7 Å². The SMILES string of the molecule is CCN(CC)CCC(=O)N(C)CCC#N. The molecule has 86 valence electrons. The molecule has 4 nitrogen and oxygen atoms in total. The van der Waals surface area contributed by atoms with Crippen molar-refractivity contribution in [2.75, 3.05) is 33.2 Å². The number of rotatable bonds is 7. The number of nitrogens with zero attached hydrogens (tertiary/aromatic N) is 3. The van der Waals surface area contributed by atoms with Crippen molar-refractivity contribution >= 4 is 5.91 Å². The molecule has 0 aliphatic carbocycles. The lowest BCUT2D eigenvalue weighted by atomic mass is 10.3. The van der Waals surface area contributed by atoms with Gasteiger partial charge in [-0.3, -0.25) is 4.79 Å². The monoisotopic (exact) mass is 211 g/mol. The molecule has 0 rings (SSSR count). The number of carbonyl (C=O) groups excluding carboxylic acids is 1. The highest BCUT2D eigenvalue weighted by Crippen LogP contribution is 1.96. The predicted molar refractivity (Wildman–Crippen MR) is 60.3 cm³/mol. The summed E-state index contributed by atoms with van der Waals surface area (Å²) in [5.74, 6) is 0.122. The van der Waals surface area contributed by atoms with Crippen LogP contribution in [0.3, 0.4) is 0 Å². The molecule has 1 amide bonds. The van der Waals surface area contributed by atoms with E-state index in [2.05, 4.69) is 18.7 Å². The third-order valence-corrected chi connectivity index (χ3v) is 2.52. The van der Waals surface area contributed by atoms with Crippen LogP contribution in [0.15, 0.2) is 0 Å². The third-order valence-electron chi connectivity index (χ3n) is 2.52. The highest BCUT2D eigenvalue weighted by molar-refractivity contribution is 5.76. The van der Waals surface area contributed by atoms with Gasteiger partial charge in [0, 0.05) is 26.6 Å². The maximum atomic E-state index is 11.6. The van der Waals surface area contributed by atoms with E-state index in [0.717, 1.165) is 19.6 Å². The summed E-state index contributed by atoms with van der Waals surface area (Å²) in [4.78, 5) is 15.4. The highest BCUT2D eigenvalue weighted by Gasteiger charge is 2.09. The molecule has 0 saturated heterocycles. The first-order valence-electron chi connectivity index (χ1n) is 5.48. The Balaban J connectivity index is 3.77. The fraction of sp³-hybridized carbons (Fsp3) is 0.818. The lowest BCUT2D eigenvalue weighted by Gasteiger charge is -2.20. The number of hydrogen-bond acceptors (Lipinski definition) is 3. The van der Waals surface area contributed by atoms with Crippen molar-refractivity contribution in [3.63, 3.8) is 0 Å². The zero-order valence-corrected chi connectivity index (χ0v) is 9.99. The fourth-order valence-electron chi connectivity index (χ4n) is 1.33. The normalized spacial score (nSPS) is 10.1. The zero-order chi connectivity index (χ0) is 11.7. The lowest BCUT2D eigenvalue weighted by molar-refractivity contribution is -0.130. The summed E-state index contributed by atoms with van der Waals surface area (Å²) in [6.07, 6.45) is 0.955. The number of hydrogen-bond donors (Lipinski definition) is 0. The Bertz CT molecular complexity index is 218. The Labute approximate surface area is 92.5 Å². The summed E-state index contributed by atoms with van der Waals surface area (Å²) in [7, 11) is 1.75. The van der Waals surface area contributed by atoms with Crippen LogP contribution in [0.25, 0.3) is 0 Å². The van der Waals surface area contributed by atoms with Crippen molar-refractivity contribution in [1.29, 1.82) is 5.26 Å². The molecule has 0 aliphatic heterocycles. The summed E-state index contributed by atoms with van der Waals surface area (Å²) in [6, 6.07) is 2.04. The fourth-order valence-corrected chi connectivity index (χ4v) is 1.33. The molecule has 0 aliphatic rings. The van der Waals surface area contributed by atoms with Crippen molar-refractivity contribution < 1.29 is 4.79 Å². The predicted octanol–water partition coefficient (Wildman–Crippen LogP) is 1.09. The summed E-state index contributed by atoms with van der Waals surface area (Å²) >= 11 is 0. The van der Waals surface area contributed by atoms with Gasteiger partial charge in [0.2, 0.25) is 5.91 Å². The van der Waals surface area contributed by atoms with Crippen LogP contribution in [0.2, 0.25) is 0 Å². The second-order valence-corrected chi connectivity index (χ2v) is 3.50. The molecule has 0 spiro atoms. The van der Waals surface area contributed by atoms with Crippen molar-refractivity contribution in [3.8, 4) is 6.07 Å². The molecule has 15 heavy (non-hydrogen) atoms. The minimum atomic E-state index is 0.122. The quantitative estimate of drug-likeness (QED) is 0.633. The number of carbonyl (C=O) groups is 1. The molecule has 0 saturated carbocycles. The van der Waals surface area contributed by atoms with Crippen LogP contribution in [0.5, 0.6) is 0 Å². The van der Waals surface area contributed by atoms with Gasteiger partial charge in [-0.25, -0.2) is 0 Å². The molecule has 0 aromatic rings. The molecule has 0 N–H and O–H groups in total. The molecule has 0 atom stereocenters.